The van der Waals surface area contributed by atoms with Gasteiger partial charge in [-0.05, 0) is 138 Å². The Kier molecular flexibility index (Phi) is 27.7. The molecule has 0 fully saturated rings. The summed E-state index contributed by atoms with van der Waals surface area (Å²) < 4.78 is 49.2. The number of fused-ring (bicyclic) bond motifs is 3. The largest absolute Gasteiger partial charge is 1.00 e. The number of carbonyl (C=O) groups is 3. The number of carboxylic acids is 1. The van der Waals surface area contributed by atoms with Crippen LogP contribution in [-0.4, -0.2) is 141 Å². The van der Waals surface area contributed by atoms with Crippen LogP contribution in [0.5, 0.6) is 0 Å². The third kappa shape index (κ3) is 18.8. The number of aliphatic hydroxyl groups is 1. The summed E-state index contributed by atoms with van der Waals surface area (Å²) in [6, 6.07) is 32.8. The summed E-state index contributed by atoms with van der Waals surface area (Å²) >= 11 is 6.16. The molecule has 0 atom stereocenters. The molecule has 0 bridgehead atoms. The van der Waals surface area contributed by atoms with Gasteiger partial charge in [-0.3, -0.25) is 0 Å². The van der Waals surface area contributed by atoms with Gasteiger partial charge in [0.15, 0.2) is 22.6 Å². The molecule has 0 aliphatic heterocycles. The fraction of sp³-hybridized carbons (Fsp3) is 0.250. The zero-order valence-corrected chi connectivity index (χ0v) is 52.0. The Hall–Kier alpha value is -7.87. The third-order valence-electron chi connectivity index (χ3n) is 12.7. The van der Waals surface area contributed by atoms with E-state index in [1.54, 1.807) is 66.7 Å². The summed E-state index contributed by atoms with van der Waals surface area (Å²) in [5.74, 6) is -1.19. The molecule has 5 N–H and O–H groups in total. The summed E-state index contributed by atoms with van der Waals surface area (Å²) in [6.45, 7) is 12.2. The van der Waals surface area contributed by atoms with E-state index in [4.69, 9.17) is 46.2 Å². The van der Waals surface area contributed by atoms with Gasteiger partial charge in [-0.15, -0.1) is 0 Å². The minimum absolute atomic E-state index is 0. The van der Waals surface area contributed by atoms with Crippen molar-refractivity contribution >= 4 is 92.6 Å². The van der Waals surface area contributed by atoms with Crippen LogP contribution in [0.1, 0.15) is 72.6 Å². The molecule has 9 aromatic rings. The molecule has 19 nitrogen and oxygen atoms in total. The van der Waals surface area contributed by atoms with E-state index in [1.165, 1.54) is 68.8 Å². The molecule has 0 saturated carbocycles. The number of anilines is 3. The minimum atomic E-state index is -1.59. The molecule has 25 heteroatoms. The number of hydrogen-bond donors (Lipinski definition) is 4. The van der Waals surface area contributed by atoms with Crippen molar-refractivity contribution in [2.24, 2.45) is 0 Å². The average Bonchev–Trinajstić information content (AvgIpc) is 3.67. The van der Waals surface area contributed by atoms with Gasteiger partial charge in [0.1, 0.15) is 28.8 Å². The quantitative estimate of drug-likeness (QED) is 0.0715. The van der Waals surface area contributed by atoms with Crippen LogP contribution < -0.4 is 49.7 Å². The second kappa shape index (κ2) is 33.0. The predicted octanol–water partition coefficient (Wildman–Crippen LogP) is 6.90. The van der Waals surface area contributed by atoms with Crippen molar-refractivity contribution in [3.8, 4) is 22.5 Å². The maximum absolute atomic E-state index is 13.7. The van der Waals surface area contributed by atoms with E-state index in [1.807, 2.05) is 77.4 Å². The predicted molar refractivity (Wildman–Crippen MR) is 321 cm³/mol. The van der Waals surface area contributed by atoms with Crippen molar-refractivity contribution in [1.82, 2.24) is 29.9 Å². The van der Waals surface area contributed by atoms with E-state index in [0.29, 0.717) is 89.3 Å². The van der Waals surface area contributed by atoms with Crippen LogP contribution in [0.4, 0.5) is 30.6 Å². The number of carboxylic acid groups (broad SMARTS) is 1. The number of rotatable bonds is 12. The van der Waals surface area contributed by atoms with Gasteiger partial charge in [-0.2, -0.15) is 0 Å². The molecule has 442 valence electrons. The molecule has 9 rings (SSSR count). The summed E-state index contributed by atoms with van der Waals surface area (Å²) in [5.41, 5.74) is 7.10. The number of aromatic nitrogens is 6. The molecule has 85 heavy (non-hydrogen) atoms. The average molecular weight is 1200 g/mol. The number of esters is 2. The molecule has 0 spiro atoms. The Morgan fingerprint density at radius 1 is 0.494 bits per heavy atom. The van der Waals surface area contributed by atoms with Crippen LogP contribution in [0.2, 0.25) is 5.15 Å². The number of aromatic carboxylic acids is 1. The molecule has 0 aliphatic rings. The van der Waals surface area contributed by atoms with E-state index in [9.17, 15) is 32.7 Å². The van der Waals surface area contributed by atoms with Crippen molar-refractivity contribution in [3.63, 3.8) is 0 Å². The van der Waals surface area contributed by atoms with Gasteiger partial charge >= 0.3 is 54.6 Å². The molecule has 6 aromatic carbocycles. The molecule has 0 amide bonds. The fourth-order valence-electron chi connectivity index (χ4n) is 7.51. The first-order valence-electron chi connectivity index (χ1n) is 25.7. The van der Waals surface area contributed by atoms with Crippen LogP contribution in [0.25, 0.3) is 55.6 Å². The van der Waals surface area contributed by atoms with Crippen molar-refractivity contribution in [2.75, 3.05) is 57.2 Å². The van der Waals surface area contributed by atoms with Gasteiger partial charge in [-0.1, -0.05) is 48.0 Å². The fourth-order valence-corrected chi connectivity index (χ4v) is 7.78. The topological polar surface area (TPSA) is 268 Å². The van der Waals surface area contributed by atoms with Gasteiger partial charge in [-0.25, -0.2) is 57.5 Å². The summed E-state index contributed by atoms with van der Waals surface area (Å²) in [6.07, 6.45) is 0. The molecule has 3 aromatic heterocycles. The zero-order valence-electron chi connectivity index (χ0n) is 49.2. The Morgan fingerprint density at radius 3 is 1.18 bits per heavy atom. The van der Waals surface area contributed by atoms with Crippen LogP contribution in [0.15, 0.2) is 127 Å². The maximum atomic E-state index is 13.7. The Balaban J connectivity index is 0.000000303. The number of benzene rings is 6. The van der Waals surface area contributed by atoms with E-state index < -0.39 is 30.8 Å². The maximum Gasteiger partial charge on any atom is 1.00 e. The smallest absolute Gasteiger partial charge is 0.870 e. The zero-order chi connectivity index (χ0) is 61.4. The number of aliphatic hydroxyl groups excluding tert-OH is 1. The molecular weight excluding hydrogens is 1130 g/mol. The molecule has 0 saturated heterocycles. The van der Waals surface area contributed by atoms with E-state index in [0.717, 1.165) is 13.2 Å². The van der Waals surface area contributed by atoms with Crippen LogP contribution in [-0.2, 0) is 9.47 Å². The second-order valence-corrected chi connectivity index (χ2v) is 19.4. The number of halogens is 4. The Labute approximate surface area is 517 Å². The summed E-state index contributed by atoms with van der Waals surface area (Å²) in [4.78, 5) is 67.8. The van der Waals surface area contributed by atoms with Crippen molar-refractivity contribution in [1.29, 1.82) is 0 Å². The first-order chi connectivity index (χ1) is 39.4. The molecular formula is C60H65BClF3N9NaO10. The second-order valence-electron chi connectivity index (χ2n) is 19.1. The number of ether oxygens (including phenoxy) is 2. The van der Waals surface area contributed by atoms with Gasteiger partial charge in [0.25, 0.3) is 0 Å². The normalized spacial score (nSPS) is 10.4. The first-order valence-corrected chi connectivity index (χ1v) is 26.1. The summed E-state index contributed by atoms with van der Waals surface area (Å²) in [5, 5.41) is 33.6. The Morgan fingerprint density at radius 2 is 0.835 bits per heavy atom. The van der Waals surface area contributed by atoms with Crippen molar-refractivity contribution in [2.45, 2.75) is 59.7 Å². The van der Waals surface area contributed by atoms with E-state index >= 15 is 0 Å². The number of nitrogens with zero attached hydrogens (tertiary/aromatic N) is 9. The van der Waals surface area contributed by atoms with Crippen molar-refractivity contribution < 1.29 is 92.3 Å². The minimum Gasteiger partial charge on any atom is -0.870 e. The van der Waals surface area contributed by atoms with Gasteiger partial charge in [0.05, 0.1) is 64.0 Å². The van der Waals surface area contributed by atoms with Gasteiger partial charge in [0, 0.05) is 57.5 Å². The van der Waals surface area contributed by atoms with Crippen LogP contribution >= 0.6 is 11.6 Å². The first kappa shape index (κ1) is 71.4. The molecule has 3 heterocycles. The SMILES string of the molecule is CC(C)N(C)c1nc2cc(C(=O)O)ccc2nc1-c1cccc(F)c1.CO.COC(=O)c1ccc2nc(-c3cccc(F)c3)c(N(C)C(C)C)nc2c1.COC(=O)c1ccc2nc(Cl)c(N(C)C(C)C)nc2c1.OB(O)c1cccc(F)c1.[Na+].[OH-]. The van der Waals surface area contributed by atoms with Crippen LogP contribution in [0, 0.1) is 17.5 Å². The van der Waals surface area contributed by atoms with Crippen molar-refractivity contribution in [3.05, 3.63) is 167 Å². The van der Waals surface area contributed by atoms with Gasteiger partial charge in [0.2, 0.25) is 0 Å². The molecule has 0 unspecified atom stereocenters. The molecule has 0 radical (unpaired) electrons. The standard InChI is InChI=1S/C20H20FN3O2.C19H18FN3O2.C14H16ClN3O2.C6H6BFO2.CH4O.Na.H2O/c1-12(2)24(3)19-18(13-6-5-7-15(21)10-13)22-16-9-8-14(20(25)26-4)11-17(16)23-19;1-11(2)23(3)18-17(12-5-4-6-14(20)9-12)21-15-8-7-13(19(24)25)10-16(15)22-18;1-8(2)18(3)13-12(15)16-10-6-5-9(14(19)20-4)7-11(10)17-13;8-6-3-1-2-5(4-6)7(9)10;1-2;;/h5-12H,1-4H3;4-11H,1-3H3,(H,24,25);5-8H,1-4H3;1-4,9-10H;2H,1H3;;1H2/q;;;;;+1;/p-1. The van der Waals surface area contributed by atoms with Gasteiger partial charge < -0.3 is 49.9 Å². The summed E-state index contributed by atoms with van der Waals surface area (Å²) in [7, 11) is 7.78. The number of hydrogen-bond acceptors (Lipinski definition) is 18. The Bertz CT molecular complexity index is 3740. The van der Waals surface area contributed by atoms with E-state index in [-0.39, 0.29) is 75.8 Å². The number of methoxy groups -OCH3 is 2. The van der Waals surface area contributed by atoms with Crippen LogP contribution in [0.3, 0.4) is 0 Å². The monoisotopic (exact) mass is 1200 g/mol. The van der Waals surface area contributed by atoms with E-state index in [2.05, 4.69) is 19.9 Å². The number of carbonyl (C=O) groups excluding carboxylic acids is 2. The molecule has 0 aliphatic carbocycles. The third-order valence-corrected chi connectivity index (χ3v) is 12.9.